The van der Waals surface area contributed by atoms with Crippen molar-refractivity contribution < 1.29 is 9.59 Å². The Labute approximate surface area is 168 Å². The molecule has 3 rings (SSSR count). The summed E-state index contributed by atoms with van der Waals surface area (Å²) in [7, 11) is 0. The number of amides is 2. The molecule has 0 aliphatic carbocycles. The summed E-state index contributed by atoms with van der Waals surface area (Å²) >= 11 is 5.88. The van der Waals surface area contributed by atoms with Crippen molar-refractivity contribution in [1.29, 1.82) is 0 Å². The van der Waals surface area contributed by atoms with Crippen molar-refractivity contribution in [3.63, 3.8) is 0 Å². The Bertz CT molecular complexity index is 995. The molecular formula is C23H19ClN2O2. The minimum absolute atomic E-state index is 0.145. The molecule has 140 valence electrons. The van der Waals surface area contributed by atoms with Crippen LogP contribution in [0.15, 0.2) is 84.6 Å². The largest absolute Gasteiger partial charge is 0.321 e. The van der Waals surface area contributed by atoms with Crippen LogP contribution in [-0.4, -0.2) is 11.8 Å². The zero-order valence-electron chi connectivity index (χ0n) is 15.3. The summed E-state index contributed by atoms with van der Waals surface area (Å²) in [6, 6.07) is 23.2. The van der Waals surface area contributed by atoms with Gasteiger partial charge >= 0.3 is 0 Å². The molecule has 0 aliphatic heterocycles. The molecule has 28 heavy (non-hydrogen) atoms. The molecule has 3 aromatic carbocycles. The second-order valence-corrected chi connectivity index (χ2v) is 6.69. The summed E-state index contributed by atoms with van der Waals surface area (Å²) in [5.74, 6) is -0.778. The molecule has 4 nitrogen and oxygen atoms in total. The SMILES string of the molecule is Cc1ccc(C(=O)N/C(=C/c2ccccc2)C(=O)Nc2ccc(Cl)cc2)cc1. The fraction of sp³-hybridized carbons (Fsp3) is 0.0435. The monoisotopic (exact) mass is 390 g/mol. The van der Waals surface area contributed by atoms with Gasteiger partial charge in [0.05, 0.1) is 0 Å². The summed E-state index contributed by atoms with van der Waals surface area (Å²) in [5.41, 5.74) is 3.05. The van der Waals surface area contributed by atoms with Crippen LogP contribution in [0.1, 0.15) is 21.5 Å². The van der Waals surface area contributed by atoms with E-state index in [2.05, 4.69) is 10.6 Å². The lowest BCUT2D eigenvalue weighted by atomic mass is 10.1. The van der Waals surface area contributed by atoms with Gasteiger partial charge in [-0.15, -0.1) is 0 Å². The van der Waals surface area contributed by atoms with E-state index in [1.165, 1.54) is 0 Å². The highest BCUT2D eigenvalue weighted by Gasteiger charge is 2.15. The minimum Gasteiger partial charge on any atom is -0.321 e. The maximum Gasteiger partial charge on any atom is 0.272 e. The standard InChI is InChI=1S/C23H19ClN2O2/c1-16-7-9-18(10-8-16)22(27)26-21(15-17-5-3-2-4-6-17)23(28)25-20-13-11-19(24)12-14-20/h2-15H,1H3,(H,25,28)(H,26,27)/b21-15+. The summed E-state index contributed by atoms with van der Waals surface area (Å²) in [5, 5.41) is 6.07. The first-order valence-electron chi connectivity index (χ1n) is 8.73. The predicted octanol–water partition coefficient (Wildman–Crippen LogP) is 5.06. The number of carbonyl (C=O) groups excluding carboxylic acids is 2. The van der Waals surface area contributed by atoms with Crippen LogP contribution >= 0.6 is 11.6 Å². The zero-order chi connectivity index (χ0) is 19.9. The Balaban J connectivity index is 1.85. The maximum atomic E-state index is 12.8. The molecule has 0 heterocycles. The van der Waals surface area contributed by atoms with Gasteiger partial charge in [-0.3, -0.25) is 9.59 Å². The fourth-order valence-electron chi connectivity index (χ4n) is 2.51. The van der Waals surface area contributed by atoms with Crippen LogP contribution < -0.4 is 10.6 Å². The average Bonchev–Trinajstić information content (AvgIpc) is 2.70. The topological polar surface area (TPSA) is 58.2 Å². The van der Waals surface area contributed by atoms with Gasteiger partial charge in [0.1, 0.15) is 5.70 Å². The highest BCUT2D eigenvalue weighted by molar-refractivity contribution is 6.30. The van der Waals surface area contributed by atoms with Crippen molar-refractivity contribution in [2.75, 3.05) is 5.32 Å². The van der Waals surface area contributed by atoms with E-state index >= 15 is 0 Å². The number of hydrogen-bond donors (Lipinski definition) is 2. The van der Waals surface area contributed by atoms with Crippen LogP contribution in [0.2, 0.25) is 5.02 Å². The summed E-state index contributed by atoms with van der Waals surface area (Å²) < 4.78 is 0. The summed E-state index contributed by atoms with van der Waals surface area (Å²) in [6.45, 7) is 1.95. The Kier molecular flexibility index (Phi) is 6.25. The van der Waals surface area contributed by atoms with E-state index in [9.17, 15) is 9.59 Å². The van der Waals surface area contributed by atoms with Crippen molar-refractivity contribution in [1.82, 2.24) is 5.32 Å². The minimum atomic E-state index is -0.424. The van der Waals surface area contributed by atoms with E-state index in [1.807, 2.05) is 49.4 Å². The Morgan fingerprint density at radius 3 is 2.14 bits per heavy atom. The van der Waals surface area contributed by atoms with E-state index < -0.39 is 5.91 Å². The third-order valence-electron chi connectivity index (χ3n) is 4.02. The number of hydrogen-bond acceptors (Lipinski definition) is 2. The maximum absolute atomic E-state index is 12.8. The first kappa shape index (κ1) is 19.4. The van der Waals surface area contributed by atoms with Crippen LogP contribution in [0.3, 0.4) is 0 Å². The van der Waals surface area contributed by atoms with Crippen molar-refractivity contribution in [3.05, 3.63) is 106 Å². The molecule has 0 aliphatic rings. The second kappa shape index (κ2) is 9.02. The lowest BCUT2D eigenvalue weighted by Gasteiger charge is -2.11. The summed E-state index contributed by atoms with van der Waals surface area (Å²) in [4.78, 5) is 25.4. The molecule has 0 radical (unpaired) electrons. The van der Waals surface area contributed by atoms with Crippen LogP contribution in [0.5, 0.6) is 0 Å². The number of carbonyl (C=O) groups is 2. The van der Waals surface area contributed by atoms with Gasteiger partial charge in [-0.05, 0) is 55.0 Å². The van der Waals surface area contributed by atoms with Crippen LogP contribution in [0, 0.1) is 6.92 Å². The van der Waals surface area contributed by atoms with Gasteiger partial charge in [-0.1, -0.05) is 59.6 Å². The first-order valence-corrected chi connectivity index (χ1v) is 9.11. The highest BCUT2D eigenvalue weighted by atomic mass is 35.5. The molecule has 0 spiro atoms. The molecule has 5 heteroatoms. The summed E-state index contributed by atoms with van der Waals surface area (Å²) in [6.07, 6.45) is 1.64. The smallest absolute Gasteiger partial charge is 0.272 e. The lowest BCUT2D eigenvalue weighted by molar-refractivity contribution is -0.113. The number of anilines is 1. The van der Waals surface area contributed by atoms with Crippen LogP contribution in [0.4, 0.5) is 5.69 Å². The van der Waals surface area contributed by atoms with Crippen molar-refractivity contribution in [3.8, 4) is 0 Å². The molecule has 0 unspecified atom stereocenters. The first-order chi connectivity index (χ1) is 13.5. The number of halogens is 1. The normalized spacial score (nSPS) is 11.0. The van der Waals surface area contributed by atoms with Crippen LogP contribution in [-0.2, 0) is 4.79 Å². The molecular weight excluding hydrogens is 372 g/mol. The van der Waals surface area contributed by atoms with Gasteiger partial charge in [0, 0.05) is 16.3 Å². The lowest BCUT2D eigenvalue weighted by Crippen LogP contribution is -2.30. The highest BCUT2D eigenvalue weighted by Crippen LogP contribution is 2.15. The van der Waals surface area contributed by atoms with E-state index in [1.54, 1.807) is 42.5 Å². The molecule has 0 saturated heterocycles. The molecule has 0 saturated carbocycles. The molecule has 3 aromatic rings. The van der Waals surface area contributed by atoms with Crippen LogP contribution in [0.25, 0.3) is 6.08 Å². The van der Waals surface area contributed by atoms with Crippen molar-refractivity contribution in [2.24, 2.45) is 0 Å². The Morgan fingerprint density at radius 1 is 0.857 bits per heavy atom. The van der Waals surface area contributed by atoms with E-state index in [0.29, 0.717) is 16.3 Å². The fourth-order valence-corrected chi connectivity index (χ4v) is 2.63. The number of rotatable bonds is 5. The van der Waals surface area contributed by atoms with Gasteiger partial charge in [0.25, 0.3) is 11.8 Å². The molecule has 0 fully saturated rings. The third-order valence-corrected chi connectivity index (χ3v) is 4.27. The number of benzene rings is 3. The molecule has 0 aromatic heterocycles. The van der Waals surface area contributed by atoms with E-state index in [0.717, 1.165) is 11.1 Å². The predicted molar refractivity (Wildman–Crippen MR) is 113 cm³/mol. The second-order valence-electron chi connectivity index (χ2n) is 6.25. The van der Waals surface area contributed by atoms with Gasteiger partial charge in [0.15, 0.2) is 0 Å². The zero-order valence-corrected chi connectivity index (χ0v) is 16.0. The van der Waals surface area contributed by atoms with Crippen molar-refractivity contribution >= 4 is 35.2 Å². The van der Waals surface area contributed by atoms with E-state index in [4.69, 9.17) is 11.6 Å². The molecule has 0 bridgehead atoms. The Hall–Kier alpha value is -3.37. The molecule has 2 N–H and O–H groups in total. The van der Waals surface area contributed by atoms with Crippen molar-refractivity contribution in [2.45, 2.75) is 6.92 Å². The molecule has 2 amide bonds. The average molecular weight is 391 g/mol. The van der Waals surface area contributed by atoms with Gasteiger partial charge in [0.2, 0.25) is 0 Å². The quantitative estimate of drug-likeness (QED) is 0.598. The Morgan fingerprint density at radius 2 is 1.50 bits per heavy atom. The number of nitrogens with one attached hydrogen (secondary N) is 2. The number of aryl methyl sites for hydroxylation is 1. The van der Waals surface area contributed by atoms with Gasteiger partial charge in [-0.25, -0.2) is 0 Å². The van der Waals surface area contributed by atoms with Gasteiger partial charge in [-0.2, -0.15) is 0 Å². The third kappa shape index (κ3) is 5.32. The van der Waals surface area contributed by atoms with Gasteiger partial charge < -0.3 is 10.6 Å². The molecule has 0 atom stereocenters. The van der Waals surface area contributed by atoms with E-state index in [-0.39, 0.29) is 11.6 Å².